The lowest BCUT2D eigenvalue weighted by molar-refractivity contribution is 0.415. The van der Waals surface area contributed by atoms with Gasteiger partial charge in [0.25, 0.3) is 0 Å². The number of anilines is 1. The zero-order chi connectivity index (χ0) is 14.8. The van der Waals surface area contributed by atoms with Crippen LogP contribution in [-0.2, 0) is 0 Å². The Hall–Kier alpha value is -2.53. The molecule has 0 unspecified atom stereocenters. The van der Waals surface area contributed by atoms with Gasteiger partial charge in [0.15, 0.2) is 5.82 Å². The summed E-state index contributed by atoms with van der Waals surface area (Å²) >= 11 is 5.99. The first-order chi connectivity index (χ1) is 10.2. The second kappa shape index (κ2) is 5.46. The lowest BCUT2D eigenvalue weighted by atomic mass is 10.1. The summed E-state index contributed by atoms with van der Waals surface area (Å²) in [5.41, 5.74) is 8.38. The molecule has 0 aliphatic heterocycles. The summed E-state index contributed by atoms with van der Waals surface area (Å²) in [7, 11) is 1.62. The lowest BCUT2D eigenvalue weighted by Crippen LogP contribution is -2.02. The van der Waals surface area contributed by atoms with Gasteiger partial charge in [0.1, 0.15) is 11.4 Å². The van der Waals surface area contributed by atoms with Crippen molar-refractivity contribution in [2.24, 2.45) is 0 Å². The number of rotatable bonds is 3. The van der Waals surface area contributed by atoms with E-state index >= 15 is 0 Å². The van der Waals surface area contributed by atoms with Gasteiger partial charge in [0.2, 0.25) is 0 Å². The van der Waals surface area contributed by atoms with Crippen molar-refractivity contribution in [1.82, 2.24) is 15.0 Å². The number of aromatic nitrogens is 3. The van der Waals surface area contributed by atoms with Crippen LogP contribution in [0.5, 0.6) is 5.75 Å². The number of hydrogen-bond acceptors (Lipinski definition) is 4. The molecular weight excluding hydrogens is 288 g/mol. The highest BCUT2D eigenvalue weighted by molar-refractivity contribution is 6.30. The quantitative estimate of drug-likeness (QED) is 0.807. The van der Waals surface area contributed by atoms with Crippen LogP contribution in [0.4, 0.5) is 5.82 Å². The van der Waals surface area contributed by atoms with E-state index in [9.17, 15) is 0 Å². The molecule has 2 N–H and O–H groups in total. The van der Waals surface area contributed by atoms with E-state index in [4.69, 9.17) is 22.1 Å². The fraction of sp³-hybridized carbons (Fsp3) is 0.0667. The smallest absolute Gasteiger partial charge is 0.155 e. The van der Waals surface area contributed by atoms with Crippen molar-refractivity contribution in [3.05, 3.63) is 53.6 Å². The van der Waals surface area contributed by atoms with Crippen LogP contribution >= 0.6 is 11.6 Å². The zero-order valence-corrected chi connectivity index (χ0v) is 12.1. The molecule has 1 heterocycles. The van der Waals surface area contributed by atoms with E-state index in [2.05, 4.69) is 10.3 Å². The molecule has 0 atom stereocenters. The molecule has 2 aromatic carbocycles. The Morgan fingerprint density at radius 3 is 2.71 bits per heavy atom. The van der Waals surface area contributed by atoms with Crippen molar-refractivity contribution >= 4 is 17.4 Å². The van der Waals surface area contributed by atoms with Crippen LogP contribution in [0, 0.1) is 0 Å². The Bertz CT molecular complexity index is 785. The Kier molecular flexibility index (Phi) is 3.50. The Morgan fingerprint density at radius 1 is 1.14 bits per heavy atom. The third kappa shape index (κ3) is 2.55. The van der Waals surface area contributed by atoms with Gasteiger partial charge in [-0.05, 0) is 30.3 Å². The fourth-order valence-corrected chi connectivity index (χ4v) is 2.25. The molecule has 3 aromatic rings. The van der Waals surface area contributed by atoms with Crippen LogP contribution in [-0.4, -0.2) is 22.1 Å². The van der Waals surface area contributed by atoms with Crippen molar-refractivity contribution in [3.63, 3.8) is 0 Å². The highest BCUT2D eigenvalue weighted by Gasteiger charge is 2.13. The van der Waals surface area contributed by atoms with Crippen molar-refractivity contribution in [3.8, 4) is 22.7 Å². The van der Waals surface area contributed by atoms with Gasteiger partial charge in [-0.1, -0.05) is 35.0 Å². The monoisotopic (exact) mass is 300 g/mol. The topological polar surface area (TPSA) is 66.0 Å². The standard InChI is InChI=1S/C15H13ClN4O/c1-21-13-7-2-4-10(8-13)14-15(17)20(19-18-14)12-6-3-5-11(16)9-12/h2-9H,17H2,1H3. The molecule has 0 aliphatic rings. The van der Waals surface area contributed by atoms with Gasteiger partial charge in [0, 0.05) is 10.6 Å². The third-order valence-corrected chi connectivity index (χ3v) is 3.34. The van der Waals surface area contributed by atoms with Gasteiger partial charge >= 0.3 is 0 Å². The number of hydrogen-bond donors (Lipinski definition) is 1. The maximum Gasteiger partial charge on any atom is 0.155 e. The fourth-order valence-electron chi connectivity index (χ4n) is 2.06. The van der Waals surface area contributed by atoms with Crippen LogP contribution in [0.3, 0.4) is 0 Å². The molecule has 0 aliphatic carbocycles. The molecule has 0 spiro atoms. The molecule has 0 bridgehead atoms. The van der Waals surface area contributed by atoms with Gasteiger partial charge < -0.3 is 10.5 Å². The van der Waals surface area contributed by atoms with Gasteiger partial charge in [-0.2, -0.15) is 4.68 Å². The lowest BCUT2D eigenvalue weighted by Gasteiger charge is -2.05. The summed E-state index contributed by atoms with van der Waals surface area (Å²) in [4.78, 5) is 0. The Labute approximate surface area is 126 Å². The molecule has 6 heteroatoms. The molecule has 1 aromatic heterocycles. The van der Waals surface area contributed by atoms with Crippen LogP contribution in [0.1, 0.15) is 0 Å². The normalized spacial score (nSPS) is 10.6. The summed E-state index contributed by atoms with van der Waals surface area (Å²) in [5.74, 6) is 1.19. The molecule has 0 saturated heterocycles. The number of halogens is 1. The first-order valence-electron chi connectivity index (χ1n) is 6.30. The van der Waals surface area contributed by atoms with Gasteiger partial charge in [-0.15, -0.1) is 5.10 Å². The predicted octanol–water partition coefficient (Wildman–Crippen LogP) is 3.18. The van der Waals surface area contributed by atoms with E-state index in [1.54, 1.807) is 23.9 Å². The van der Waals surface area contributed by atoms with Gasteiger partial charge in [-0.3, -0.25) is 0 Å². The third-order valence-electron chi connectivity index (χ3n) is 3.10. The molecule has 106 valence electrons. The predicted molar refractivity (Wildman–Crippen MR) is 82.8 cm³/mol. The largest absolute Gasteiger partial charge is 0.497 e. The maximum absolute atomic E-state index is 6.16. The van der Waals surface area contributed by atoms with E-state index in [1.165, 1.54) is 0 Å². The van der Waals surface area contributed by atoms with E-state index in [0.717, 1.165) is 17.0 Å². The van der Waals surface area contributed by atoms with Crippen LogP contribution in [0.25, 0.3) is 16.9 Å². The van der Waals surface area contributed by atoms with Gasteiger partial charge in [0.05, 0.1) is 12.8 Å². The molecule has 0 fully saturated rings. The van der Waals surface area contributed by atoms with Gasteiger partial charge in [-0.25, -0.2) is 0 Å². The highest BCUT2D eigenvalue weighted by atomic mass is 35.5. The van der Waals surface area contributed by atoms with Crippen molar-refractivity contribution in [2.75, 3.05) is 12.8 Å². The Morgan fingerprint density at radius 2 is 1.95 bits per heavy atom. The Balaban J connectivity index is 2.06. The first-order valence-corrected chi connectivity index (χ1v) is 6.68. The molecule has 3 rings (SSSR count). The highest BCUT2D eigenvalue weighted by Crippen LogP contribution is 2.28. The molecule has 0 radical (unpaired) electrons. The first kappa shape index (κ1) is 13.5. The average Bonchev–Trinajstić information content (AvgIpc) is 2.89. The molecule has 0 saturated carbocycles. The van der Waals surface area contributed by atoms with Crippen LogP contribution in [0.15, 0.2) is 48.5 Å². The molecule has 0 amide bonds. The summed E-state index contributed by atoms with van der Waals surface area (Å²) in [6.07, 6.45) is 0. The average molecular weight is 301 g/mol. The van der Waals surface area contributed by atoms with Crippen molar-refractivity contribution in [2.45, 2.75) is 0 Å². The summed E-state index contributed by atoms with van der Waals surface area (Å²) in [6, 6.07) is 14.8. The van der Waals surface area contributed by atoms with Crippen molar-refractivity contribution in [1.29, 1.82) is 0 Å². The van der Waals surface area contributed by atoms with Crippen LogP contribution < -0.4 is 10.5 Å². The number of methoxy groups -OCH3 is 1. The minimum Gasteiger partial charge on any atom is -0.497 e. The summed E-state index contributed by atoms with van der Waals surface area (Å²) in [6.45, 7) is 0. The number of benzene rings is 2. The van der Waals surface area contributed by atoms with Crippen LogP contribution in [0.2, 0.25) is 5.02 Å². The minimum absolute atomic E-state index is 0.450. The summed E-state index contributed by atoms with van der Waals surface area (Å²) < 4.78 is 6.77. The summed E-state index contributed by atoms with van der Waals surface area (Å²) in [5, 5.41) is 8.87. The molecule has 21 heavy (non-hydrogen) atoms. The number of nitrogen functional groups attached to an aromatic ring is 1. The molecular formula is C15H13ClN4O. The second-order valence-corrected chi connectivity index (χ2v) is 4.88. The van der Waals surface area contributed by atoms with E-state index in [1.807, 2.05) is 36.4 Å². The van der Waals surface area contributed by atoms with Crippen molar-refractivity contribution < 1.29 is 4.74 Å². The molecule has 5 nitrogen and oxygen atoms in total. The minimum atomic E-state index is 0.450. The SMILES string of the molecule is COc1cccc(-c2nnn(-c3cccc(Cl)c3)c2N)c1. The second-order valence-electron chi connectivity index (χ2n) is 4.45. The number of nitrogens with two attached hydrogens (primary N) is 1. The number of nitrogens with zero attached hydrogens (tertiary/aromatic N) is 3. The van der Waals surface area contributed by atoms with E-state index in [0.29, 0.717) is 16.5 Å². The zero-order valence-electron chi connectivity index (χ0n) is 11.3. The van der Waals surface area contributed by atoms with E-state index in [-0.39, 0.29) is 0 Å². The maximum atomic E-state index is 6.16. The van der Waals surface area contributed by atoms with E-state index < -0.39 is 0 Å². The number of ether oxygens (including phenoxy) is 1.